The lowest BCUT2D eigenvalue weighted by molar-refractivity contribution is 0.625. The van der Waals surface area contributed by atoms with Gasteiger partial charge in [-0.05, 0) is 78.7 Å². The Bertz CT molecular complexity index is 1180. The molecule has 0 spiro atoms. The number of halogens is 3. The zero-order valence-corrected chi connectivity index (χ0v) is 18.1. The van der Waals surface area contributed by atoms with Crippen LogP contribution in [0.15, 0.2) is 72.9 Å². The normalized spacial score (nSPS) is 11.0. The molecule has 0 atom stereocenters. The molecular weight excluding hydrogens is 416 g/mol. The molecule has 0 aliphatic carbocycles. The first-order valence-corrected chi connectivity index (χ1v) is 10.3. The summed E-state index contributed by atoms with van der Waals surface area (Å²) in [6.07, 6.45) is 2.47. The van der Waals surface area contributed by atoms with E-state index in [4.69, 9.17) is 16.6 Å². The lowest BCUT2D eigenvalue weighted by atomic mass is 10.1. The maximum absolute atomic E-state index is 13.8. The Kier molecular flexibility index (Phi) is 6.05. The smallest absolute Gasteiger partial charge is 0.123 e. The summed E-state index contributed by atoms with van der Waals surface area (Å²) < 4.78 is 29.1. The van der Waals surface area contributed by atoms with Gasteiger partial charge in [-0.1, -0.05) is 17.7 Å². The van der Waals surface area contributed by atoms with Crippen molar-refractivity contribution in [3.63, 3.8) is 0 Å². The molecule has 3 nitrogen and oxygen atoms in total. The molecule has 0 unspecified atom stereocenters. The van der Waals surface area contributed by atoms with E-state index in [1.165, 1.54) is 18.2 Å². The SMILES string of the molecule is Cc1ccc(F)cc1Cc1nc(CN(C)c2ccc(F)cc2)cn1-c1ccc(Cl)cc1. The lowest BCUT2D eigenvalue weighted by Crippen LogP contribution is -2.16. The van der Waals surface area contributed by atoms with Crippen LogP contribution >= 0.6 is 11.6 Å². The van der Waals surface area contributed by atoms with Gasteiger partial charge in [0, 0.05) is 36.1 Å². The number of aromatic nitrogens is 2. The van der Waals surface area contributed by atoms with Crippen LogP contribution in [0.25, 0.3) is 5.69 Å². The molecule has 0 radical (unpaired) electrons. The van der Waals surface area contributed by atoms with Crippen molar-refractivity contribution in [3.05, 3.63) is 112 Å². The standard InChI is InChI=1S/C25H22ClF2N3/c1-17-3-6-21(28)13-18(17)14-25-29-22(15-30(2)23-11-7-20(27)8-12-23)16-31(25)24-9-4-19(26)5-10-24/h3-13,16H,14-15H2,1-2H3. The van der Waals surface area contributed by atoms with Gasteiger partial charge in [0.05, 0.1) is 12.2 Å². The molecular formula is C25H22ClF2N3. The largest absolute Gasteiger partial charge is 0.369 e. The van der Waals surface area contributed by atoms with Crippen LogP contribution in [0.2, 0.25) is 5.02 Å². The third-order valence-corrected chi connectivity index (χ3v) is 5.51. The number of benzene rings is 3. The topological polar surface area (TPSA) is 21.1 Å². The highest BCUT2D eigenvalue weighted by molar-refractivity contribution is 6.30. The van der Waals surface area contributed by atoms with Gasteiger partial charge in [0.15, 0.2) is 0 Å². The Balaban J connectivity index is 1.68. The van der Waals surface area contributed by atoms with Gasteiger partial charge in [-0.25, -0.2) is 13.8 Å². The van der Waals surface area contributed by atoms with Crippen molar-refractivity contribution in [1.29, 1.82) is 0 Å². The molecule has 0 N–H and O–H groups in total. The number of hydrogen-bond donors (Lipinski definition) is 0. The van der Waals surface area contributed by atoms with Crippen LogP contribution in [0, 0.1) is 18.6 Å². The van der Waals surface area contributed by atoms with E-state index in [1.54, 1.807) is 24.3 Å². The van der Waals surface area contributed by atoms with E-state index < -0.39 is 0 Å². The highest BCUT2D eigenvalue weighted by Crippen LogP contribution is 2.22. The van der Waals surface area contributed by atoms with E-state index in [0.29, 0.717) is 18.0 Å². The first kappa shape index (κ1) is 21.1. The summed E-state index contributed by atoms with van der Waals surface area (Å²) in [5.74, 6) is 0.275. The minimum atomic E-state index is -0.267. The number of aryl methyl sites for hydroxylation is 1. The van der Waals surface area contributed by atoms with Crippen molar-refractivity contribution in [2.75, 3.05) is 11.9 Å². The van der Waals surface area contributed by atoms with Crippen molar-refractivity contribution in [2.45, 2.75) is 19.9 Å². The molecule has 1 heterocycles. The number of anilines is 1. The lowest BCUT2D eigenvalue weighted by Gasteiger charge is -2.17. The molecule has 4 rings (SSSR count). The molecule has 0 bridgehead atoms. The van der Waals surface area contributed by atoms with Crippen LogP contribution in [-0.4, -0.2) is 16.6 Å². The average molecular weight is 438 g/mol. The highest BCUT2D eigenvalue weighted by atomic mass is 35.5. The molecule has 0 amide bonds. The van der Waals surface area contributed by atoms with Gasteiger partial charge in [0.1, 0.15) is 17.5 Å². The monoisotopic (exact) mass is 437 g/mol. The zero-order valence-electron chi connectivity index (χ0n) is 17.3. The van der Waals surface area contributed by atoms with Gasteiger partial charge in [-0.15, -0.1) is 0 Å². The summed E-state index contributed by atoms with van der Waals surface area (Å²) in [6, 6.07) is 18.7. The van der Waals surface area contributed by atoms with Crippen LogP contribution in [0.5, 0.6) is 0 Å². The second kappa shape index (κ2) is 8.90. The summed E-state index contributed by atoms with van der Waals surface area (Å²) in [5, 5.41) is 0.655. The van der Waals surface area contributed by atoms with Gasteiger partial charge >= 0.3 is 0 Å². The zero-order chi connectivity index (χ0) is 22.0. The first-order valence-electron chi connectivity index (χ1n) is 9.94. The number of rotatable bonds is 6. The van der Waals surface area contributed by atoms with Crippen molar-refractivity contribution >= 4 is 17.3 Å². The van der Waals surface area contributed by atoms with Crippen molar-refractivity contribution < 1.29 is 8.78 Å². The van der Waals surface area contributed by atoms with Gasteiger partial charge in [0.2, 0.25) is 0 Å². The summed E-state index contributed by atoms with van der Waals surface area (Å²) >= 11 is 6.06. The van der Waals surface area contributed by atoms with Gasteiger partial charge in [0.25, 0.3) is 0 Å². The molecule has 158 valence electrons. The van der Waals surface area contributed by atoms with Crippen molar-refractivity contribution in [2.24, 2.45) is 0 Å². The Labute approximate surface area is 185 Å². The number of nitrogens with zero attached hydrogens (tertiary/aromatic N) is 3. The predicted molar refractivity (Wildman–Crippen MR) is 121 cm³/mol. The molecule has 1 aromatic heterocycles. The number of hydrogen-bond acceptors (Lipinski definition) is 2. The van der Waals surface area contributed by atoms with Crippen LogP contribution in [0.3, 0.4) is 0 Å². The van der Waals surface area contributed by atoms with Gasteiger partial charge in [-0.2, -0.15) is 0 Å². The van der Waals surface area contributed by atoms with E-state index in [9.17, 15) is 8.78 Å². The predicted octanol–water partition coefficient (Wildman–Crippen LogP) is 6.34. The minimum absolute atomic E-state index is 0.263. The maximum atomic E-state index is 13.8. The Morgan fingerprint density at radius 1 is 0.935 bits per heavy atom. The van der Waals surface area contributed by atoms with E-state index >= 15 is 0 Å². The summed E-state index contributed by atoms with van der Waals surface area (Å²) in [5.41, 5.74) is 4.57. The molecule has 6 heteroatoms. The fourth-order valence-electron chi connectivity index (χ4n) is 3.53. The van der Waals surface area contributed by atoms with Crippen LogP contribution in [0.4, 0.5) is 14.5 Å². The van der Waals surface area contributed by atoms with Crippen molar-refractivity contribution in [1.82, 2.24) is 9.55 Å². The third kappa shape index (κ3) is 4.94. The van der Waals surface area contributed by atoms with Gasteiger partial charge in [-0.3, -0.25) is 0 Å². The van der Waals surface area contributed by atoms with Crippen LogP contribution < -0.4 is 4.90 Å². The fourth-order valence-corrected chi connectivity index (χ4v) is 3.65. The Morgan fingerprint density at radius 2 is 1.61 bits per heavy atom. The van der Waals surface area contributed by atoms with E-state index in [2.05, 4.69) is 0 Å². The quantitative estimate of drug-likeness (QED) is 0.351. The third-order valence-electron chi connectivity index (χ3n) is 5.26. The second-order valence-electron chi connectivity index (χ2n) is 7.57. The first-order chi connectivity index (χ1) is 14.9. The van der Waals surface area contributed by atoms with E-state index in [-0.39, 0.29) is 11.6 Å². The molecule has 0 aliphatic heterocycles. The molecule has 0 fully saturated rings. The van der Waals surface area contributed by atoms with E-state index in [1.807, 2.05) is 53.9 Å². The maximum Gasteiger partial charge on any atom is 0.123 e. The number of imidazole rings is 1. The highest BCUT2D eigenvalue weighted by Gasteiger charge is 2.14. The Morgan fingerprint density at radius 3 is 2.32 bits per heavy atom. The summed E-state index contributed by atoms with van der Waals surface area (Å²) in [4.78, 5) is 6.86. The van der Waals surface area contributed by atoms with Crippen LogP contribution in [0.1, 0.15) is 22.6 Å². The summed E-state index contributed by atoms with van der Waals surface area (Å²) in [7, 11) is 1.94. The Hall–Kier alpha value is -3.18. The summed E-state index contributed by atoms with van der Waals surface area (Å²) in [6.45, 7) is 2.51. The molecule has 4 aromatic rings. The second-order valence-corrected chi connectivity index (χ2v) is 8.01. The molecule has 31 heavy (non-hydrogen) atoms. The van der Waals surface area contributed by atoms with Crippen LogP contribution in [-0.2, 0) is 13.0 Å². The average Bonchev–Trinajstić information content (AvgIpc) is 3.13. The molecule has 0 saturated heterocycles. The molecule has 0 aliphatic rings. The van der Waals surface area contributed by atoms with Crippen molar-refractivity contribution in [3.8, 4) is 5.69 Å². The van der Waals surface area contributed by atoms with E-state index in [0.717, 1.165) is 34.0 Å². The molecule has 3 aromatic carbocycles. The fraction of sp³-hybridized carbons (Fsp3) is 0.160. The van der Waals surface area contributed by atoms with Gasteiger partial charge < -0.3 is 9.47 Å². The minimum Gasteiger partial charge on any atom is -0.369 e. The molecule has 0 saturated carbocycles.